The molecule has 2 aliphatic carbocycles. The molecule has 3 fully saturated rings. The van der Waals surface area contributed by atoms with E-state index in [-0.39, 0.29) is 30.6 Å². The van der Waals surface area contributed by atoms with E-state index in [1.807, 2.05) is 0 Å². The number of rotatable bonds is 16. The fourth-order valence-corrected chi connectivity index (χ4v) is 7.00. The van der Waals surface area contributed by atoms with E-state index in [1.54, 1.807) is 58.0 Å². The Kier molecular flexibility index (Phi) is 13.8. The molecule has 2 saturated carbocycles. The Morgan fingerprint density at radius 2 is 1.55 bits per heavy atom. The molecule has 0 bridgehead atoms. The minimum atomic E-state index is -1.05. The highest BCUT2D eigenvalue weighted by molar-refractivity contribution is 6.39. The van der Waals surface area contributed by atoms with Crippen LogP contribution in [-0.2, 0) is 33.5 Å². The lowest BCUT2D eigenvalue weighted by molar-refractivity contribution is -0.143. The van der Waals surface area contributed by atoms with E-state index in [9.17, 15) is 33.6 Å². The third-order valence-electron chi connectivity index (χ3n) is 10.0. The average molecular weight is 710 g/mol. The van der Waals surface area contributed by atoms with E-state index >= 15 is 0 Å². The zero-order chi connectivity index (χ0) is 37.3. The van der Waals surface area contributed by atoms with Crippen molar-refractivity contribution in [2.45, 2.75) is 135 Å². The maximum absolute atomic E-state index is 14.1. The van der Waals surface area contributed by atoms with E-state index < -0.39 is 71.1 Å². The molecule has 13 nitrogen and oxygen atoms in total. The van der Waals surface area contributed by atoms with E-state index in [4.69, 9.17) is 10.5 Å². The van der Waals surface area contributed by atoms with Crippen LogP contribution in [0.15, 0.2) is 30.3 Å². The molecule has 0 radical (unpaired) electrons. The first-order chi connectivity index (χ1) is 24.1. The summed E-state index contributed by atoms with van der Waals surface area (Å²) in [4.78, 5) is 93.8. The second-order valence-corrected chi connectivity index (χ2v) is 15.4. The van der Waals surface area contributed by atoms with Crippen LogP contribution >= 0.6 is 0 Å². The number of carbonyl (C=O) groups is 7. The lowest BCUT2D eigenvalue weighted by Gasteiger charge is -2.35. The number of carbonyl (C=O) groups excluding carboxylic acids is 7. The highest BCUT2D eigenvalue weighted by Gasteiger charge is 2.43. The molecule has 0 spiro atoms. The minimum Gasteiger partial charge on any atom is -0.444 e. The van der Waals surface area contributed by atoms with Crippen molar-refractivity contribution in [2.24, 2.45) is 23.5 Å². The second kappa shape index (κ2) is 17.8. The van der Waals surface area contributed by atoms with Crippen LogP contribution in [-0.4, -0.2) is 76.5 Å². The zero-order valence-electron chi connectivity index (χ0n) is 30.4. The Morgan fingerprint density at radius 3 is 2.16 bits per heavy atom. The van der Waals surface area contributed by atoms with Crippen molar-refractivity contribution in [1.82, 2.24) is 20.9 Å². The molecule has 4 rings (SSSR count). The minimum absolute atomic E-state index is 0.0544. The maximum Gasteiger partial charge on any atom is 0.408 e. The van der Waals surface area contributed by atoms with Gasteiger partial charge in [0.05, 0.1) is 6.04 Å². The molecule has 280 valence electrons. The number of ketones is 2. The number of nitrogens with one attached hydrogen (secondary N) is 3. The van der Waals surface area contributed by atoms with Gasteiger partial charge in [0, 0.05) is 18.9 Å². The standard InChI is InChI=1S/C38H55N5O8/c1-23(34(47)41-30(33(39)46)25-12-7-5-8-13-25)17-20-29(44)32(45)27(22-24-18-19-24)40-35(48)28-16-11-21-43(28)36(49)31(26-14-9-6-10-15-26)42-37(50)51-38(2,3)4/h5,7-8,12-13,23-24,26-28,30-31H,6,9-11,14-22H2,1-4H3,(H2,39,46)(H,40,48)(H,41,47)(H,42,50)/t23-,27?,28?,30+,31+/m1/s1. The molecule has 5 N–H and O–H groups in total. The molecule has 1 saturated heterocycles. The van der Waals surface area contributed by atoms with Gasteiger partial charge in [-0.3, -0.25) is 28.8 Å². The van der Waals surface area contributed by atoms with Crippen LogP contribution in [0.4, 0.5) is 4.79 Å². The Balaban J connectivity index is 1.38. The summed E-state index contributed by atoms with van der Waals surface area (Å²) in [6, 6.07) is 4.79. The molecule has 51 heavy (non-hydrogen) atoms. The number of likely N-dealkylation sites (tertiary alicyclic amines) is 1. The molecular formula is C38H55N5O8. The number of primary amides is 1. The van der Waals surface area contributed by atoms with E-state index in [0.29, 0.717) is 31.4 Å². The number of amides is 5. The van der Waals surface area contributed by atoms with Gasteiger partial charge in [-0.1, -0.05) is 69.4 Å². The normalized spacial score (nSPS) is 20.3. The van der Waals surface area contributed by atoms with Crippen molar-refractivity contribution in [3.05, 3.63) is 35.9 Å². The fourth-order valence-electron chi connectivity index (χ4n) is 7.00. The SMILES string of the molecule is C[C@H](CCC(=O)C(=O)C(CC1CC1)NC(=O)C1CCCN1C(=O)[C@@H](NC(=O)OC(C)(C)C)C1CCCCC1)C(=O)N[C@H](C(N)=O)c1ccccc1. The molecule has 2 unspecified atom stereocenters. The van der Waals surface area contributed by atoms with Crippen molar-refractivity contribution in [3.63, 3.8) is 0 Å². The van der Waals surface area contributed by atoms with Crippen molar-refractivity contribution in [1.29, 1.82) is 0 Å². The summed E-state index contributed by atoms with van der Waals surface area (Å²) in [7, 11) is 0. The molecular weight excluding hydrogens is 654 g/mol. The summed E-state index contributed by atoms with van der Waals surface area (Å²) in [5.74, 6) is -4.07. The fraction of sp³-hybridized carbons (Fsp3) is 0.658. The van der Waals surface area contributed by atoms with Crippen molar-refractivity contribution in [3.8, 4) is 0 Å². The summed E-state index contributed by atoms with van der Waals surface area (Å²) >= 11 is 0. The number of benzene rings is 1. The van der Waals surface area contributed by atoms with E-state index in [0.717, 1.165) is 44.9 Å². The quantitative estimate of drug-likeness (QED) is 0.187. The van der Waals surface area contributed by atoms with Gasteiger partial charge in [-0.25, -0.2) is 4.79 Å². The molecule has 3 aliphatic rings. The predicted octanol–water partition coefficient (Wildman–Crippen LogP) is 3.63. The molecule has 1 aliphatic heterocycles. The number of nitrogens with zero attached hydrogens (tertiary/aromatic N) is 1. The van der Waals surface area contributed by atoms with Gasteiger partial charge in [0.1, 0.15) is 23.7 Å². The summed E-state index contributed by atoms with van der Waals surface area (Å²) in [6.45, 7) is 7.18. The highest BCUT2D eigenvalue weighted by Crippen LogP contribution is 2.34. The van der Waals surface area contributed by atoms with Crippen LogP contribution in [0.3, 0.4) is 0 Å². The molecule has 1 aromatic carbocycles. The van der Waals surface area contributed by atoms with Crippen LogP contribution in [0.1, 0.15) is 116 Å². The summed E-state index contributed by atoms with van der Waals surface area (Å²) < 4.78 is 5.47. The maximum atomic E-state index is 14.1. The topological polar surface area (TPSA) is 194 Å². The van der Waals surface area contributed by atoms with E-state index in [2.05, 4.69) is 16.0 Å². The number of alkyl carbamates (subject to hydrolysis) is 1. The third-order valence-corrected chi connectivity index (χ3v) is 10.0. The van der Waals surface area contributed by atoms with Gasteiger partial charge in [0.2, 0.25) is 35.2 Å². The summed E-state index contributed by atoms with van der Waals surface area (Å²) in [5.41, 5.74) is 5.31. The smallest absolute Gasteiger partial charge is 0.408 e. The number of ether oxygens (including phenoxy) is 1. The Labute approximate surface area is 300 Å². The van der Waals surface area contributed by atoms with Crippen molar-refractivity contribution in [2.75, 3.05) is 6.54 Å². The molecule has 5 atom stereocenters. The van der Waals surface area contributed by atoms with Crippen LogP contribution < -0.4 is 21.7 Å². The van der Waals surface area contributed by atoms with Gasteiger partial charge >= 0.3 is 6.09 Å². The highest BCUT2D eigenvalue weighted by atomic mass is 16.6. The van der Waals surface area contributed by atoms with Gasteiger partial charge < -0.3 is 31.3 Å². The monoisotopic (exact) mass is 709 g/mol. The third kappa shape index (κ3) is 11.6. The lowest BCUT2D eigenvalue weighted by atomic mass is 9.83. The first-order valence-corrected chi connectivity index (χ1v) is 18.5. The number of Topliss-reactive ketones (excluding diaryl/α,β-unsaturated/α-hetero) is 2. The Bertz CT molecular complexity index is 1430. The number of nitrogens with two attached hydrogens (primary N) is 1. The van der Waals surface area contributed by atoms with Crippen molar-refractivity contribution >= 4 is 41.3 Å². The van der Waals surface area contributed by atoms with Gasteiger partial charge in [0.15, 0.2) is 0 Å². The molecule has 1 aromatic rings. The zero-order valence-corrected chi connectivity index (χ0v) is 30.4. The average Bonchev–Trinajstić information content (AvgIpc) is 3.77. The van der Waals surface area contributed by atoms with Gasteiger partial charge in [-0.15, -0.1) is 0 Å². The first-order valence-electron chi connectivity index (χ1n) is 18.5. The molecule has 13 heteroatoms. The Morgan fingerprint density at radius 1 is 0.882 bits per heavy atom. The lowest BCUT2D eigenvalue weighted by Crippen LogP contribution is -2.58. The van der Waals surface area contributed by atoms with Crippen LogP contribution in [0.2, 0.25) is 0 Å². The van der Waals surface area contributed by atoms with Gasteiger partial charge in [0.25, 0.3) is 0 Å². The molecule has 0 aromatic heterocycles. The van der Waals surface area contributed by atoms with Gasteiger partial charge in [-0.05, 0) is 76.7 Å². The largest absolute Gasteiger partial charge is 0.444 e. The second-order valence-electron chi connectivity index (χ2n) is 15.4. The molecule has 5 amide bonds. The number of hydrogen-bond acceptors (Lipinski definition) is 8. The van der Waals surface area contributed by atoms with Crippen LogP contribution in [0, 0.1) is 17.8 Å². The Hall–Kier alpha value is -4.29. The van der Waals surface area contributed by atoms with E-state index in [1.165, 1.54) is 4.90 Å². The van der Waals surface area contributed by atoms with Crippen LogP contribution in [0.25, 0.3) is 0 Å². The number of hydrogen-bond donors (Lipinski definition) is 4. The summed E-state index contributed by atoms with van der Waals surface area (Å²) in [6.07, 6.45) is 6.71. The van der Waals surface area contributed by atoms with Gasteiger partial charge in [-0.2, -0.15) is 0 Å². The first kappa shape index (κ1) is 39.5. The predicted molar refractivity (Wildman–Crippen MR) is 189 cm³/mol. The van der Waals surface area contributed by atoms with Crippen LogP contribution in [0.5, 0.6) is 0 Å². The summed E-state index contributed by atoms with van der Waals surface area (Å²) in [5, 5.41) is 8.25. The van der Waals surface area contributed by atoms with Crippen molar-refractivity contribution < 1.29 is 38.3 Å². The molecule has 1 heterocycles.